The third kappa shape index (κ3) is 4.04. The second kappa shape index (κ2) is 7.54. The Labute approximate surface area is 130 Å². The van der Waals surface area contributed by atoms with Crippen molar-refractivity contribution in [3.63, 3.8) is 0 Å². The maximum Gasteiger partial charge on any atom is 0.243 e. The minimum Gasteiger partial charge on any atom is -0.392 e. The fraction of sp³-hybridized carbons (Fsp3) is 0.571. The van der Waals surface area contributed by atoms with Crippen LogP contribution in [0.3, 0.4) is 0 Å². The molecule has 0 aliphatic carbocycles. The normalized spacial score (nSPS) is 12.1. The Balaban J connectivity index is 3.11. The van der Waals surface area contributed by atoms with Crippen LogP contribution in [-0.2, 0) is 16.6 Å². The molecule has 0 aliphatic rings. The van der Waals surface area contributed by atoms with Gasteiger partial charge in [0, 0.05) is 18.1 Å². The van der Waals surface area contributed by atoms with Gasteiger partial charge in [-0.1, -0.05) is 25.8 Å². The van der Waals surface area contributed by atoms with Gasteiger partial charge in [0.05, 0.1) is 11.5 Å². The minimum absolute atomic E-state index is 0.170. The predicted molar refractivity (Wildman–Crippen MR) is 84.1 cm³/mol. The van der Waals surface area contributed by atoms with E-state index in [0.717, 1.165) is 24.8 Å². The van der Waals surface area contributed by atoms with Gasteiger partial charge in [-0.25, -0.2) is 12.7 Å². The summed E-state index contributed by atoms with van der Waals surface area (Å²) in [5.41, 5.74) is 1.41. The van der Waals surface area contributed by atoms with Crippen molar-refractivity contribution in [3.05, 3.63) is 27.7 Å². The van der Waals surface area contributed by atoms with Crippen molar-refractivity contribution in [1.82, 2.24) is 4.31 Å². The number of hydrogen-bond donors (Lipinski definition) is 1. The average molecular weight is 364 g/mol. The van der Waals surface area contributed by atoms with Gasteiger partial charge in [-0.15, -0.1) is 0 Å². The smallest absolute Gasteiger partial charge is 0.243 e. The first-order chi connectivity index (χ1) is 9.34. The highest BCUT2D eigenvalue weighted by Crippen LogP contribution is 2.29. The summed E-state index contributed by atoms with van der Waals surface area (Å²) >= 11 is 3.34. The molecule has 1 rings (SSSR count). The number of aliphatic hydroxyl groups excluding tert-OH is 1. The van der Waals surface area contributed by atoms with Gasteiger partial charge in [-0.2, -0.15) is 0 Å². The molecule has 1 aromatic carbocycles. The zero-order chi connectivity index (χ0) is 15.3. The van der Waals surface area contributed by atoms with Crippen LogP contribution in [0.1, 0.15) is 37.3 Å². The van der Waals surface area contributed by atoms with Gasteiger partial charge < -0.3 is 5.11 Å². The molecule has 1 N–H and O–H groups in total. The number of aliphatic hydroxyl groups is 1. The van der Waals surface area contributed by atoms with Gasteiger partial charge in [0.1, 0.15) is 0 Å². The van der Waals surface area contributed by atoms with E-state index in [-0.39, 0.29) is 11.5 Å². The summed E-state index contributed by atoms with van der Waals surface area (Å²) in [7, 11) is -1.93. The van der Waals surface area contributed by atoms with Gasteiger partial charge in [0.25, 0.3) is 0 Å². The molecule has 0 radical (unpaired) electrons. The van der Waals surface area contributed by atoms with E-state index >= 15 is 0 Å². The lowest BCUT2D eigenvalue weighted by Gasteiger charge is -2.19. The predicted octanol–water partition coefficient (Wildman–Crippen LogP) is 3.06. The van der Waals surface area contributed by atoms with Crippen LogP contribution < -0.4 is 0 Å². The molecule has 0 atom stereocenters. The quantitative estimate of drug-likeness (QED) is 0.757. The second-order valence-electron chi connectivity index (χ2n) is 4.92. The molecule has 0 heterocycles. The molecular weight excluding hydrogens is 342 g/mol. The lowest BCUT2D eigenvalue weighted by atomic mass is 10.1. The maximum absolute atomic E-state index is 12.6. The Bertz CT molecular complexity index is 558. The fourth-order valence-corrected chi connectivity index (χ4v) is 4.20. The van der Waals surface area contributed by atoms with Crippen LogP contribution in [0.5, 0.6) is 0 Å². The van der Waals surface area contributed by atoms with E-state index in [9.17, 15) is 13.5 Å². The number of rotatable bonds is 7. The number of unbranched alkanes of at least 4 members (excludes halogenated alkanes) is 2. The zero-order valence-electron chi connectivity index (χ0n) is 12.2. The number of benzene rings is 1. The molecule has 0 saturated carbocycles. The highest BCUT2D eigenvalue weighted by atomic mass is 79.9. The van der Waals surface area contributed by atoms with Crippen molar-refractivity contribution >= 4 is 26.0 Å². The van der Waals surface area contributed by atoms with Gasteiger partial charge in [0.2, 0.25) is 10.0 Å². The molecular formula is C14H22BrNO3S. The lowest BCUT2D eigenvalue weighted by molar-refractivity contribution is 0.281. The molecule has 6 heteroatoms. The van der Waals surface area contributed by atoms with Crippen LogP contribution >= 0.6 is 15.9 Å². The first-order valence-electron chi connectivity index (χ1n) is 6.70. The van der Waals surface area contributed by atoms with Crippen LogP contribution in [0.4, 0.5) is 0 Å². The van der Waals surface area contributed by atoms with Gasteiger partial charge in [0.15, 0.2) is 0 Å². The number of nitrogens with zero attached hydrogens (tertiary/aromatic N) is 1. The number of halogens is 1. The molecule has 0 spiro atoms. The van der Waals surface area contributed by atoms with Crippen molar-refractivity contribution in [1.29, 1.82) is 0 Å². The van der Waals surface area contributed by atoms with E-state index in [1.54, 1.807) is 13.1 Å². The molecule has 0 unspecified atom stereocenters. The van der Waals surface area contributed by atoms with Crippen molar-refractivity contribution in [2.45, 2.75) is 44.6 Å². The Kier molecular flexibility index (Phi) is 6.64. The molecule has 0 fully saturated rings. The maximum atomic E-state index is 12.6. The number of hydrogen-bond acceptors (Lipinski definition) is 3. The highest BCUT2D eigenvalue weighted by molar-refractivity contribution is 9.10. The molecule has 0 aromatic heterocycles. The molecule has 0 bridgehead atoms. The highest BCUT2D eigenvalue weighted by Gasteiger charge is 2.24. The topological polar surface area (TPSA) is 57.6 Å². The standard InChI is InChI=1S/C14H22BrNO3S/c1-4-5-6-7-16(3)20(18,19)13-9-12(10-17)8-11(2)14(13)15/h8-9,17H,4-7,10H2,1-3H3. The van der Waals surface area contributed by atoms with Crippen LogP contribution in [0.2, 0.25) is 0 Å². The summed E-state index contributed by atoms with van der Waals surface area (Å²) in [6.07, 6.45) is 2.91. The van der Waals surface area contributed by atoms with Gasteiger partial charge in [-0.3, -0.25) is 0 Å². The van der Waals surface area contributed by atoms with Crippen LogP contribution in [0.25, 0.3) is 0 Å². The molecule has 114 valence electrons. The zero-order valence-corrected chi connectivity index (χ0v) is 14.6. The van der Waals surface area contributed by atoms with E-state index in [1.165, 1.54) is 10.4 Å². The van der Waals surface area contributed by atoms with Crippen molar-refractivity contribution in [2.75, 3.05) is 13.6 Å². The summed E-state index contributed by atoms with van der Waals surface area (Å²) in [5.74, 6) is 0. The Morgan fingerprint density at radius 3 is 2.50 bits per heavy atom. The Morgan fingerprint density at radius 1 is 1.30 bits per heavy atom. The van der Waals surface area contributed by atoms with Crippen molar-refractivity contribution < 1.29 is 13.5 Å². The first-order valence-corrected chi connectivity index (χ1v) is 8.94. The fourth-order valence-electron chi connectivity index (χ4n) is 1.96. The summed E-state index contributed by atoms with van der Waals surface area (Å²) in [6, 6.07) is 3.31. The van der Waals surface area contributed by atoms with E-state index in [4.69, 9.17) is 0 Å². The molecule has 0 aliphatic heterocycles. The average Bonchev–Trinajstić information content (AvgIpc) is 2.41. The van der Waals surface area contributed by atoms with E-state index in [1.807, 2.05) is 6.92 Å². The van der Waals surface area contributed by atoms with Crippen LogP contribution in [-0.4, -0.2) is 31.4 Å². The lowest BCUT2D eigenvalue weighted by Crippen LogP contribution is -2.28. The van der Waals surface area contributed by atoms with E-state index in [0.29, 0.717) is 16.6 Å². The Morgan fingerprint density at radius 2 is 1.95 bits per heavy atom. The van der Waals surface area contributed by atoms with Crippen LogP contribution in [0.15, 0.2) is 21.5 Å². The summed E-state index contributed by atoms with van der Waals surface area (Å²) in [4.78, 5) is 0.223. The summed E-state index contributed by atoms with van der Waals surface area (Å²) in [5, 5.41) is 9.23. The molecule has 1 aromatic rings. The number of sulfonamides is 1. The SMILES string of the molecule is CCCCCN(C)S(=O)(=O)c1cc(CO)cc(C)c1Br. The van der Waals surface area contributed by atoms with Gasteiger partial charge >= 0.3 is 0 Å². The van der Waals surface area contributed by atoms with E-state index in [2.05, 4.69) is 22.9 Å². The van der Waals surface area contributed by atoms with Crippen molar-refractivity contribution in [2.24, 2.45) is 0 Å². The van der Waals surface area contributed by atoms with Crippen LogP contribution in [0, 0.1) is 6.92 Å². The molecule has 0 amide bonds. The largest absolute Gasteiger partial charge is 0.392 e. The monoisotopic (exact) mass is 363 g/mol. The third-order valence-corrected chi connectivity index (χ3v) is 6.42. The molecule has 4 nitrogen and oxygen atoms in total. The minimum atomic E-state index is -3.53. The number of aryl methyl sites for hydroxylation is 1. The Hall–Kier alpha value is -0.430. The molecule has 0 saturated heterocycles. The summed E-state index contributed by atoms with van der Waals surface area (Å²) in [6.45, 7) is 4.24. The van der Waals surface area contributed by atoms with E-state index < -0.39 is 10.0 Å². The summed E-state index contributed by atoms with van der Waals surface area (Å²) < 4.78 is 27.1. The second-order valence-corrected chi connectivity index (χ2v) is 7.72. The first kappa shape index (κ1) is 17.6. The van der Waals surface area contributed by atoms with Crippen molar-refractivity contribution in [3.8, 4) is 0 Å². The van der Waals surface area contributed by atoms with Gasteiger partial charge in [-0.05, 0) is 46.5 Å². The third-order valence-electron chi connectivity index (χ3n) is 3.23. The molecule has 20 heavy (non-hydrogen) atoms.